The van der Waals surface area contributed by atoms with Crippen LogP contribution in [0.2, 0.25) is 0 Å². The van der Waals surface area contributed by atoms with Crippen molar-refractivity contribution in [1.82, 2.24) is 0 Å². The smallest absolute Gasteiger partial charge is 0.180 e. The van der Waals surface area contributed by atoms with Crippen LogP contribution in [-0.2, 0) is 0 Å². The average Bonchev–Trinajstić information content (AvgIpc) is 2.13. The molecule has 0 radical (unpaired) electrons. The zero-order valence-electron chi connectivity index (χ0n) is 7.35. The molecule has 0 aliphatic heterocycles. The van der Waals surface area contributed by atoms with Crippen molar-refractivity contribution < 1.29 is 13.6 Å². The molecule has 0 aromatic heterocycles. The first-order valence-corrected chi connectivity index (χ1v) is 4.67. The molecule has 14 heavy (non-hydrogen) atoms. The zero-order valence-corrected chi connectivity index (χ0v) is 8.94. The lowest BCUT2D eigenvalue weighted by Gasteiger charge is -2.07. The summed E-state index contributed by atoms with van der Waals surface area (Å²) in [5, 5.41) is 0. The molecule has 0 saturated heterocycles. The van der Waals surface area contributed by atoms with Crippen molar-refractivity contribution in [3.63, 3.8) is 0 Å². The van der Waals surface area contributed by atoms with Crippen LogP contribution >= 0.6 is 15.9 Å². The number of hydrogen-bond acceptors (Lipinski definition) is 2. The predicted molar refractivity (Wildman–Crippen MR) is 52.0 cm³/mol. The number of nitrogens with two attached hydrogens (primary N) is 1. The first kappa shape index (κ1) is 11.3. The second-order valence-electron chi connectivity index (χ2n) is 2.88. The predicted octanol–water partition coefficient (Wildman–Crippen LogP) is 2.26. The van der Waals surface area contributed by atoms with Crippen molar-refractivity contribution in [3.8, 4) is 0 Å². The Hall–Kier alpha value is -0.810. The summed E-state index contributed by atoms with van der Waals surface area (Å²) in [6.45, 7) is 1.48. The fourth-order valence-corrected chi connectivity index (χ4v) is 1.48. The number of rotatable bonds is 2. The van der Waals surface area contributed by atoms with Gasteiger partial charge >= 0.3 is 0 Å². The number of benzene rings is 1. The number of ketones is 1. The Morgan fingerprint density at radius 2 is 2.07 bits per heavy atom. The average molecular weight is 264 g/mol. The Kier molecular flexibility index (Phi) is 3.34. The molecular formula is C9H8BrF2NO. The van der Waals surface area contributed by atoms with E-state index >= 15 is 0 Å². The van der Waals surface area contributed by atoms with E-state index in [-0.39, 0.29) is 10.0 Å². The molecule has 0 aliphatic carbocycles. The molecule has 1 unspecified atom stereocenters. The molecule has 0 spiro atoms. The molecule has 0 aliphatic rings. The highest BCUT2D eigenvalue weighted by atomic mass is 79.9. The van der Waals surface area contributed by atoms with E-state index in [4.69, 9.17) is 5.73 Å². The zero-order chi connectivity index (χ0) is 10.9. The largest absolute Gasteiger partial charge is 0.321 e. The number of halogens is 3. The second kappa shape index (κ2) is 4.14. The van der Waals surface area contributed by atoms with Crippen LogP contribution in [0.15, 0.2) is 16.6 Å². The summed E-state index contributed by atoms with van der Waals surface area (Å²) in [5.41, 5.74) is 5.39. The summed E-state index contributed by atoms with van der Waals surface area (Å²) in [6, 6.07) is 1.36. The standard InChI is InChI=1S/C9H8BrF2NO/c1-4(13)9(14)5-2-3-6(11)8(12)7(5)10/h2-4H,13H2,1H3. The van der Waals surface area contributed by atoms with Crippen molar-refractivity contribution in [1.29, 1.82) is 0 Å². The van der Waals surface area contributed by atoms with Gasteiger partial charge in [-0.05, 0) is 35.0 Å². The SMILES string of the molecule is CC(N)C(=O)c1ccc(F)c(F)c1Br. The van der Waals surface area contributed by atoms with E-state index in [9.17, 15) is 13.6 Å². The van der Waals surface area contributed by atoms with Gasteiger partial charge in [-0.15, -0.1) is 0 Å². The summed E-state index contributed by atoms with van der Waals surface area (Å²) >= 11 is 2.81. The second-order valence-corrected chi connectivity index (χ2v) is 3.67. The third-order valence-corrected chi connectivity index (χ3v) is 2.49. The summed E-state index contributed by atoms with van der Waals surface area (Å²) in [5.74, 6) is -2.51. The third-order valence-electron chi connectivity index (χ3n) is 1.71. The molecule has 0 fully saturated rings. The van der Waals surface area contributed by atoms with Crippen LogP contribution in [0.3, 0.4) is 0 Å². The number of carbonyl (C=O) groups is 1. The van der Waals surface area contributed by atoms with Gasteiger partial charge in [0.1, 0.15) is 0 Å². The first-order valence-electron chi connectivity index (χ1n) is 3.88. The van der Waals surface area contributed by atoms with Crippen molar-refractivity contribution >= 4 is 21.7 Å². The maximum atomic E-state index is 13.0. The van der Waals surface area contributed by atoms with Gasteiger partial charge in [0, 0.05) is 5.56 Å². The lowest BCUT2D eigenvalue weighted by atomic mass is 10.1. The van der Waals surface area contributed by atoms with Crippen LogP contribution in [0.25, 0.3) is 0 Å². The lowest BCUT2D eigenvalue weighted by Crippen LogP contribution is -2.27. The van der Waals surface area contributed by atoms with Crippen LogP contribution in [0.1, 0.15) is 17.3 Å². The monoisotopic (exact) mass is 263 g/mol. The summed E-state index contributed by atoms with van der Waals surface area (Å²) < 4.78 is 25.5. The molecule has 0 amide bonds. The Balaban J connectivity index is 3.24. The Bertz CT molecular complexity index is 379. The summed E-state index contributed by atoms with van der Waals surface area (Å²) in [6.07, 6.45) is 0. The molecule has 0 bridgehead atoms. The highest BCUT2D eigenvalue weighted by Crippen LogP contribution is 2.23. The number of carbonyl (C=O) groups excluding carboxylic acids is 1. The van der Waals surface area contributed by atoms with Crippen LogP contribution < -0.4 is 5.73 Å². The highest BCUT2D eigenvalue weighted by molar-refractivity contribution is 9.10. The normalized spacial score (nSPS) is 12.6. The maximum absolute atomic E-state index is 13.0. The Morgan fingerprint density at radius 3 is 2.57 bits per heavy atom. The molecule has 2 nitrogen and oxygen atoms in total. The lowest BCUT2D eigenvalue weighted by molar-refractivity contribution is 0.0966. The first-order chi connectivity index (χ1) is 6.45. The summed E-state index contributed by atoms with van der Waals surface area (Å²) in [4.78, 5) is 11.4. The Morgan fingerprint density at radius 1 is 1.50 bits per heavy atom. The van der Waals surface area contributed by atoms with E-state index < -0.39 is 23.5 Å². The fourth-order valence-electron chi connectivity index (χ4n) is 0.961. The van der Waals surface area contributed by atoms with Gasteiger partial charge in [0.05, 0.1) is 10.5 Å². The van der Waals surface area contributed by atoms with Gasteiger partial charge in [0.25, 0.3) is 0 Å². The van der Waals surface area contributed by atoms with E-state index in [0.717, 1.165) is 6.07 Å². The van der Waals surface area contributed by atoms with Crippen molar-refractivity contribution in [2.45, 2.75) is 13.0 Å². The van der Waals surface area contributed by atoms with Gasteiger partial charge in [0.2, 0.25) is 0 Å². The van der Waals surface area contributed by atoms with Gasteiger partial charge < -0.3 is 5.73 Å². The van der Waals surface area contributed by atoms with Gasteiger partial charge in [-0.25, -0.2) is 8.78 Å². The third kappa shape index (κ3) is 1.99. The van der Waals surface area contributed by atoms with E-state index in [0.29, 0.717) is 0 Å². The van der Waals surface area contributed by atoms with Crippen LogP contribution in [0.5, 0.6) is 0 Å². The van der Waals surface area contributed by atoms with Gasteiger partial charge in [-0.1, -0.05) is 0 Å². The molecule has 1 rings (SSSR count). The van der Waals surface area contributed by atoms with Crippen LogP contribution in [-0.4, -0.2) is 11.8 Å². The summed E-state index contributed by atoms with van der Waals surface area (Å²) in [7, 11) is 0. The minimum absolute atomic E-state index is 0.0545. The minimum Gasteiger partial charge on any atom is -0.321 e. The van der Waals surface area contributed by atoms with E-state index in [1.165, 1.54) is 13.0 Å². The highest BCUT2D eigenvalue weighted by Gasteiger charge is 2.18. The number of Topliss-reactive ketones (excluding diaryl/α,β-unsaturated/α-hetero) is 1. The van der Waals surface area contributed by atoms with E-state index in [1.54, 1.807) is 0 Å². The number of hydrogen-bond donors (Lipinski definition) is 1. The van der Waals surface area contributed by atoms with Crippen molar-refractivity contribution in [3.05, 3.63) is 33.8 Å². The fraction of sp³-hybridized carbons (Fsp3) is 0.222. The van der Waals surface area contributed by atoms with Crippen molar-refractivity contribution in [2.75, 3.05) is 0 Å². The van der Waals surface area contributed by atoms with E-state index in [1.807, 2.05) is 0 Å². The van der Waals surface area contributed by atoms with Crippen LogP contribution in [0, 0.1) is 11.6 Å². The molecular weight excluding hydrogens is 256 g/mol. The molecule has 0 heterocycles. The molecule has 1 aromatic carbocycles. The van der Waals surface area contributed by atoms with Crippen molar-refractivity contribution in [2.24, 2.45) is 5.73 Å². The maximum Gasteiger partial charge on any atom is 0.180 e. The van der Waals surface area contributed by atoms with Gasteiger partial charge in [-0.3, -0.25) is 4.79 Å². The minimum atomic E-state index is -1.07. The van der Waals surface area contributed by atoms with E-state index in [2.05, 4.69) is 15.9 Å². The molecule has 5 heteroatoms. The quantitative estimate of drug-likeness (QED) is 0.657. The molecule has 0 saturated carbocycles. The van der Waals surface area contributed by atoms with Crippen LogP contribution in [0.4, 0.5) is 8.78 Å². The molecule has 2 N–H and O–H groups in total. The molecule has 76 valence electrons. The molecule has 1 atom stereocenters. The topological polar surface area (TPSA) is 43.1 Å². The molecule has 1 aromatic rings. The van der Waals surface area contributed by atoms with Gasteiger partial charge in [-0.2, -0.15) is 0 Å². The Labute approximate surface area is 88.2 Å². The van der Waals surface area contributed by atoms with Gasteiger partial charge in [0.15, 0.2) is 17.4 Å².